The molecule has 20 heavy (non-hydrogen) atoms. The Morgan fingerprint density at radius 3 is 2.50 bits per heavy atom. The van der Waals surface area contributed by atoms with Crippen molar-refractivity contribution in [1.82, 2.24) is 4.90 Å². The van der Waals surface area contributed by atoms with Gasteiger partial charge in [0.25, 0.3) is 0 Å². The van der Waals surface area contributed by atoms with Crippen molar-refractivity contribution >= 4 is 0 Å². The summed E-state index contributed by atoms with van der Waals surface area (Å²) in [7, 11) is 1.66. The van der Waals surface area contributed by atoms with Gasteiger partial charge in [0.15, 0.2) is 0 Å². The second-order valence-electron chi connectivity index (χ2n) is 5.38. The van der Waals surface area contributed by atoms with Crippen LogP contribution < -0.4 is 4.74 Å². The molecule has 0 aliphatic carbocycles. The minimum atomic E-state index is -0.397. The molecule has 1 saturated heterocycles. The summed E-state index contributed by atoms with van der Waals surface area (Å²) in [4.78, 5) is 2.32. The predicted molar refractivity (Wildman–Crippen MR) is 78.9 cm³/mol. The molecule has 1 aromatic rings. The van der Waals surface area contributed by atoms with Gasteiger partial charge in [-0.15, -0.1) is 0 Å². The smallest absolute Gasteiger partial charge is 0.118 e. The Hall–Kier alpha value is -1.10. The predicted octanol–water partition coefficient (Wildman–Crippen LogP) is 2.06. The number of nitrogens with zero attached hydrogens (tertiary/aromatic N) is 1. The van der Waals surface area contributed by atoms with Crippen LogP contribution in [0.3, 0.4) is 0 Å². The van der Waals surface area contributed by atoms with Crippen LogP contribution in [0.15, 0.2) is 24.3 Å². The lowest BCUT2D eigenvalue weighted by Gasteiger charge is -2.28. The van der Waals surface area contributed by atoms with E-state index in [1.165, 1.54) is 19.3 Å². The number of hydrogen-bond donors (Lipinski definition) is 1. The zero-order chi connectivity index (χ0) is 14.2. The van der Waals surface area contributed by atoms with Crippen LogP contribution in [-0.2, 0) is 11.3 Å². The summed E-state index contributed by atoms with van der Waals surface area (Å²) in [6.07, 6.45) is 3.42. The molecule has 4 heteroatoms. The molecule has 0 amide bonds. The zero-order valence-corrected chi connectivity index (χ0v) is 12.3. The lowest BCUT2D eigenvalue weighted by atomic mass is 10.1. The summed E-state index contributed by atoms with van der Waals surface area (Å²) < 4.78 is 10.7. The van der Waals surface area contributed by atoms with Crippen molar-refractivity contribution < 1.29 is 14.6 Å². The van der Waals surface area contributed by atoms with Gasteiger partial charge in [-0.25, -0.2) is 0 Å². The molecule has 0 bridgehead atoms. The van der Waals surface area contributed by atoms with Gasteiger partial charge in [-0.2, -0.15) is 0 Å². The van der Waals surface area contributed by atoms with E-state index in [0.717, 1.165) is 30.9 Å². The molecule has 1 heterocycles. The highest BCUT2D eigenvalue weighted by atomic mass is 16.5. The third-order valence-corrected chi connectivity index (χ3v) is 3.66. The molecular formula is C16H25NO3. The minimum Gasteiger partial charge on any atom is -0.497 e. The van der Waals surface area contributed by atoms with Gasteiger partial charge >= 0.3 is 0 Å². The Morgan fingerprint density at radius 1 is 1.15 bits per heavy atom. The van der Waals surface area contributed by atoms with E-state index < -0.39 is 6.10 Å². The highest BCUT2D eigenvalue weighted by Gasteiger charge is 2.14. The van der Waals surface area contributed by atoms with Crippen molar-refractivity contribution in [2.75, 3.05) is 33.4 Å². The van der Waals surface area contributed by atoms with Crippen molar-refractivity contribution in [2.45, 2.75) is 32.0 Å². The number of aliphatic hydroxyl groups is 1. The summed E-state index contributed by atoms with van der Waals surface area (Å²) in [5.41, 5.74) is 1.09. The van der Waals surface area contributed by atoms with Crippen LogP contribution in [0, 0.1) is 0 Å². The highest BCUT2D eigenvalue weighted by Crippen LogP contribution is 2.12. The number of hydrogen-bond acceptors (Lipinski definition) is 4. The molecule has 0 aromatic heterocycles. The van der Waals surface area contributed by atoms with Crippen molar-refractivity contribution in [3.8, 4) is 5.75 Å². The molecule has 2 rings (SSSR count). The maximum Gasteiger partial charge on any atom is 0.118 e. The van der Waals surface area contributed by atoms with Crippen LogP contribution in [0.4, 0.5) is 0 Å². The van der Waals surface area contributed by atoms with E-state index in [2.05, 4.69) is 4.90 Å². The average Bonchev–Trinajstić information content (AvgIpc) is 2.49. The highest BCUT2D eigenvalue weighted by molar-refractivity contribution is 5.26. The Balaban J connectivity index is 1.63. The van der Waals surface area contributed by atoms with Gasteiger partial charge in [0.05, 0.1) is 26.4 Å². The van der Waals surface area contributed by atoms with Gasteiger partial charge in [0, 0.05) is 6.54 Å². The summed E-state index contributed by atoms with van der Waals surface area (Å²) in [5.74, 6) is 0.846. The molecule has 1 aromatic carbocycles. The monoisotopic (exact) mass is 279 g/mol. The first kappa shape index (κ1) is 15.3. The number of likely N-dealkylation sites (tertiary alicyclic amines) is 1. The number of ether oxygens (including phenoxy) is 2. The molecule has 1 fully saturated rings. The van der Waals surface area contributed by atoms with Crippen LogP contribution in [0.25, 0.3) is 0 Å². The normalized spacial score (nSPS) is 17.9. The Morgan fingerprint density at radius 2 is 1.85 bits per heavy atom. The fourth-order valence-electron chi connectivity index (χ4n) is 2.53. The van der Waals surface area contributed by atoms with Crippen molar-refractivity contribution in [1.29, 1.82) is 0 Å². The SMILES string of the molecule is COc1ccc(COC[C@H](O)CN2CCCCC2)cc1. The largest absolute Gasteiger partial charge is 0.497 e. The van der Waals surface area contributed by atoms with Crippen LogP contribution in [0.1, 0.15) is 24.8 Å². The fraction of sp³-hybridized carbons (Fsp3) is 0.625. The van der Waals surface area contributed by atoms with E-state index in [9.17, 15) is 5.11 Å². The van der Waals surface area contributed by atoms with E-state index in [1.807, 2.05) is 24.3 Å². The van der Waals surface area contributed by atoms with Gasteiger partial charge in [0.2, 0.25) is 0 Å². The van der Waals surface area contributed by atoms with Crippen LogP contribution >= 0.6 is 0 Å². The number of β-amino-alcohol motifs (C(OH)–C–C–N with tert-alkyl or cyclic N) is 1. The summed E-state index contributed by atoms with van der Waals surface area (Å²) >= 11 is 0. The number of aliphatic hydroxyl groups excluding tert-OH is 1. The molecule has 1 atom stereocenters. The standard InChI is InChI=1S/C16H25NO3/c1-19-16-7-5-14(6-8-16)12-20-13-15(18)11-17-9-3-2-4-10-17/h5-8,15,18H,2-4,9-13H2,1H3/t15-/m1/s1. The minimum absolute atomic E-state index is 0.391. The number of rotatable bonds is 7. The molecule has 1 N–H and O–H groups in total. The Labute approximate surface area is 121 Å². The molecule has 1 aliphatic heterocycles. The second kappa shape index (κ2) is 8.25. The quantitative estimate of drug-likeness (QED) is 0.829. The number of piperidine rings is 1. The average molecular weight is 279 g/mol. The maximum atomic E-state index is 9.97. The van der Waals surface area contributed by atoms with Gasteiger partial charge in [-0.1, -0.05) is 18.6 Å². The van der Waals surface area contributed by atoms with Crippen molar-refractivity contribution in [2.24, 2.45) is 0 Å². The first-order valence-electron chi connectivity index (χ1n) is 7.39. The Bertz CT molecular complexity index is 374. The summed E-state index contributed by atoms with van der Waals surface area (Å²) in [6.45, 7) is 3.86. The first-order chi connectivity index (χ1) is 9.78. The van der Waals surface area contributed by atoms with Gasteiger partial charge in [0.1, 0.15) is 5.75 Å². The van der Waals surface area contributed by atoms with E-state index in [-0.39, 0.29) is 0 Å². The van der Waals surface area contributed by atoms with E-state index in [4.69, 9.17) is 9.47 Å². The fourth-order valence-corrected chi connectivity index (χ4v) is 2.53. The second-order valence-corrected chi connectivity index (χ2v) is 5.38. The summed E-state index contributed by atoms with van der Waals surface area (Å²) in [5, 5.41) is 9.97. The zero-order valence-electron chi connectivity index (χ0n) is 12.3. The van der Waals surface area contributed by atoms with Crippen LogP contribution in [-0.4, -0.2) is 49.5 Å². The maximum absolute atomic E-state index is 9.97. The molecule has 0 radical (unpaired) electrons. The third-order valence-electron chi connectivity index (χ3n) is 3.66. The van der Waals surface area contributed by atoms with Crippen molar-refractivity contribution in [3.63, 3.8) is 0 Å². The topological polar surface area (TPSA) is 41.9 Å². The summed E-state index contributed by atoms with van der Waals surface area (Å²) in [6, 6.07) is 7.80. The lowest BCUT2D eigenvalue weighted by Crippen LogP contribution is -2.38. The van der Waals surface area contributed by atoms with E-state index in [1.54, 1.807) is 7.11 Å². The molecule has 0 spiro atoms. The van der Waals surface area contributed by atoms with Crippen LogP contribution in [0.2, 0.25) is 0 Å². The van der Waals surface area contributed by atoms with E-state index in [0.29, 0.717) is 13.2 Å². The molecule has 0 unspecified atom stereocenters. The Kier molecular flexibility index (Phi) is 6.30. The van der Waals surface area contributed by atoms with Gasteiger partial charge < -0.3 is 19.5 Å². The molecule has 0 saturated carbocycles. The van der Waals surface area contributed by atoms with E-state index >= 15 is 0 Å². The molecule has 112 valence electrons. The number of benzene rings is 1. The third kappa shape index (κ3) is 5.12. The van der Waals surface area contributed by atoms with Crippen LogP contribution in [0.5, 0.6) is 5.75 Å². The number of methoxy groups -OCH3 is 1. The molecule has 1 aliphatic rings. The van der Waals surface area contributed by atoms with Gasteiger partial charge in [-0.05, 0) is 43.6 Å². The van der Waals surface area contributed by atoms with Crippen molar-refractivity contribution in [3.05, 3.63) is 29.8 Å². The molecular weight excluding hydrogens is 254 g/mol. The van der Waals surface area contributed by atoms with Gasteiger partial charge in [-0.3, -0.25) is 0 Å². The lowest BCUT2D eigenvalue weighted by molar-refractivity contribution is 0.00712. The molecule has 4 nitrogen and oxygen atoms in total. The first-order valence-corrected chi connectivity index (χ1v) is 7.39.